The molecule has 0 saturated carbocycles. The number of carbonyl (C=O) groups is 1. The normalized spacial score (nSPS) is 10.2. The molecule has 1 aromatic rings. The molecule has 0 fully saturated rings. The molecule has 0 aliphatic heterocycles. The van der Waals surface area contributed by atoms with Gasteiger partial charge in [-0.25, -0.2) is 0 Å². The monoisotopic (exact) mass is 278 g/mol. The lowest BCUT2D eigenvalue weighted by Gasteiger charge is -2.05. The lowest BCUT2D eigenvalue weighted by Crippen LogP contribution is -2.24. The van der Waals surface area contributed by atoms with Gasteiger partial charge in [-0.3, -0.25) is 14.9 Å². The molecule has 0 aliphatic rings. The van der Waals surface area contributed by atoms with Gasteiger partial charge in [0.15, 0.2) is 0 Å². The van der Waals surface area contributed by atoms with E-state index in [9.17, 15) is 14.9 Å². The van der Waals surface area contributed by atoms with Crippen molar-refractivity contribution in [3.63, 3.8) is 0 Å². The molecule has 20 heavy (non-hydrogen) atoms. The van der Waals surface area contributed by atoms with Gasteiger partial charge in [0.25, 0.3) is 11.6 Å². The molecule has 1 aromatic carbocycles. The van der Waals surface area contributed by atoms with Crippen molar-refractivity contribution >= 4 is 11.6 Å². The molecule has 0 aromatic heterocycles. The predicted octanol–water partition coefficient (Wildman–Crippen LogP) is 3.69. The Morgan fingerprint density at radius 2 is 1.90 bits per heavy atom. The van der Waals surface area contributed by atoms with Crippen molar-refractivity contribution in [3.05, 3.63) is 39.9 Å². The van der Waals surface area contributed by atoms with Crippen molar-refractivity contribution in [1.29, 1.82) is 0 Å². The highest BCUT2D eigenvalue weighted by molar-refractivity contribution is 5.94. The van der Waals surface area contributed by atoms with E-state index in [-0.39, 0.29) is 11.6 Å². The topological polar surface area (TPSA) is 72.2 Å². The molecule has 0 aliphatic carbocycles. The number of non-ortho nitro benzene ring substituents is 1. The molecule has 1 amide bonds. The molecule has 0 bridgehead atoms. The summed E-state index contributed by atoms with van der Waals surface area (Å²) in [7, 11) is 0. The van der Waals surface area contributed by atoms with Crippen molar-refractivity contribution in [3.8, 4) is 0 Å². The van der Waals surface area contributed by atoms with Gasteiger partial charge >= 0.3 is 0 Å². The molecular formula is C15H22N2O3. The van der Waals surface area contributed by atoms with Gasteiger partial charge in [0.2, 0.25) is 0 Å². The van der Waals surface area contributed by atoms with Crippen LogP contribution >= 0.6 is 0 Å². The third kappa shape index (κ3) is 5.82. The van der Waals surface area contributed by atoms with Gasteiger partial charge in [-0.05, 0) is 12.5 Å². The molecule has 5 nitrogen and oxygen atoms in total. The zero-order valence-corrected chi connectivity index (χ0v) is 11.9. The van der Waals surface area contributed by atoms with E-state index in [1.165, 1.54) is 43.9 Å². The van der Waals surface area contributed by atoms with Crippen LogP contribution in [-0.4, -0.2) is 17.4 Å². The fourth-order valence-electron chi connectivity index (χ4n) is 1.97. The second-order valence-electron chi connectivity index (χ2n) is 4.83. The fourth-order valence-corrected chi connectivity index (χ4v) is 1.97. The van der Waals surface area contributed by atoms with Crippen LogP contribution in [0.2, 0.25) is 0 Å². The second-order valence-corrected chi connectivity index (χ2v) is 4.83. The highest BCUT2D eigenvalue weighted by Gasteiger charge is 2.10. The Balaban J connectivity index is 2.29. The summed E-state index contributed by atoms with van der Waals surface area (Å²) in [6.07, 6.45) is 6.99. The van der Waals surface area contributed by atoms with Crippen LogP contribution in [-0.2, 0) is 0 Å². The molecule has 0 heterocycles. The van der Waals surface area contributed by atoms with Gasteiger partial charge in [0.1, 0.15) is 0 Å². The Labute approximate surface area is 119 Å². The van der Waals surface area contributed by atoms with Crippen molar-refractivity contribution in [1.82, 2.24) is 5.32 Å². The first kappa shape index (κ1) is 16.1. The first-order chi connectivity index (χ1) is 9.65. The number of nitro benzene ring substituents is 1. The molecule has 110 valence electrons. The Bertz CT molecular complexity index is 446. The summed E-state index contributed by atoms with van der Waals surface area (Å²) in [4.78, 5) is 22.0. The minimum Gasteiger partial charge on any atom is -0.352 e. The lowest BCUT2D eigenvalue weighted by atomic mass is 10.1. The lowest BCUT2D eigenvalue weighted by molar-refractivity contribution is -0.384. The van der Waals surface area contributed by atoms with E-state index < -0.39 is 4.92 Å². The summed E-state index contributed by atoms with van der Waals surface area (Å²) < 4.78 is 0. The molecule has 5 heteroatoms. The number of nitrogens with zero attached hydrogens (tertiary/aromatic N) is 1. The highest BCUT2D eigenvalue weighted by atomic mass is 16.6. The zero-order chi connectivity index (χ0) is 14.8. The summed E-state index contributed by atoms with van der Waals surface area (Å²) in [5.41, 5.74) is 0.280. The molecular weight excluding hydrogens is 256 g/mol. The van der Waals surface area contributed by atoms with Crippen LogP contribution in [0.1, 0.15) is 55.8 Å². The average molecular weight is 278 g/mol. The van der Waals surface area contributed by atoms with Crippen LogP contribution in [0.25, 0.3) is 0 Å². The summed E-state index contributed by atoms with van der Waals surface area (Å²) in [6, 6.07) is 5.79. The second kappa shape index (κ2) is 9.07. The molecule has 0 spiro atoms. The van der Waals surface area contributed by atoms with Gasteiger partial charge in [-0.1, -0.05) is 45.1 Å². The Kier molecular flexibility index (Phi) is 7.32. The van der Waals surface area contributed by atoms with Crippen molar-refractivity contribution in [2.75, 3.05) is 6.54 Å². The van der Waals surface area contributed by atoms with Gasteiger partial charge in [0.05, 0.1) is 4.92 Å². The van der Waals surface area contributed by atoms with Crippen molar-refractivity contribution < 1.29 is 9.72 Å². The third-order valence-electron chi connectivity index (χ3n) is 3.14. The smallest absolute Gasteiger partial charge is 0.270 e. The first-order valence-corrected chi connectivity index (χ1v) is 7.17. The van der Waals surface area contributed by atoms with E-state index in [1.54, 1.807) is 6.07 Å². The summed E-state index contributed by atoms with van der Waals surface area (Å²) >= 11 is 0. The zero-order valence-electron chi connectivity index (χ0n) is 11.9. The van der Waals surface area contributed by atoms with Crippen LogP contribution in [0.15, 0.2) is 24.3 Å². The van der Waals surface area contributed by atoms with Crippen LogP contribution in [0.5, 0.6) is 0 Å². The average Bonchev–Trinajstić information content (AvgIpc) is 2.46. The number of benzene rings is 1. The standard InChI is InChI=1S/C15H22N2O3/c1-2-3-4-5-6-7-11-16-15(18)13-9-8-10-14(12-13)17(19)20/h8-10,12H,2-7,11H2,1H3,(H,16,18). The Hall–Kier alpha value is -1.91. The molecule has 1 N–H and O–H groups in total. The Morgan fingerprint density at radius 3 is 2.60 bits per heavy atom. The first-order valence-electron chi connectivity index (χ1n) is 7.17. The quantitative estimate of drug-likeness (QED) is 0.425. The van der Waals surface area contributed by atoms with Crippen LogP contribution in [0, 0.1) is 10.1 Å². The maximum absolute atomic E-state index is 11.8. The van der Waals surface area contributed by atoms with E-state index in [0.29, 0.717) is 12.1 Å². The molecule has 0 saturated heterocycles. The maximum atomic E-state index is 11.8. The molecule has 0 atom stereocenters. The number of unbranched alkanes of at least 4 members (excludes halogenated alkanes) is 5. The fraction of sp³-hybridized carbons (Fsp3) is 0.533. The van der Waals surface area contributed by atoms with Crippen molar-refractivity contribution in [2.45, 2.75) is 45.4 Å². The largest absolute Gasteiger partial charge is 0.352 e. The predicted molar refractivity (Wildman–Crippen MR) is 78.8 cm³/mol. The Morgan fingerprint density at radius 1 is 1.20 bits per heavy atom. The van der Waals surface area contributed by atoms with E-state index in [4.69, 9.17) is 0 Å². The number of hydrogen-bond acceptors (Lipinski definition) is 3. The number of rotatable bonds is 9. The summed E-state index contributed by atoms with van der Waals surface area (Å²) in [5, 5.41) is 13.4. The van der Waals surface area contributed by atoms with Gasteiger partial charge in [-0.15, -0.1) is 0 Å². The number of nitro groups is 1. The van der Waals surface area contributed by atoms with E-state index in [2.05, 4.69) is 12.2 Å². The number of hydrogen-bond donors (Lipinski definition) is 1. The minimum atomic E-state index is -0.496. The molecule has 1 rings (SSSR count). The van der Waals surface area contributed by atoms with Crippen LogP contribution in [0.3, 0.4) is 0 Å². The number of carbonyl (C=O) groups excluding carboxylic acids is 1. The van der Waals surface area contributed by atoms with E-state index in [1.807, 2.05) is 0 Å². The number of nitrogens with one attached hydrogen (secondary N) is 1. The van der Waals surface area contributed by atoms with Crippen LogP contribution < -0.4 is 5.32 Å². The van der Waals surface area contributed by atoms with Crippen LogP contribution in [0.4, 0.5) is 5.69 Å². The van der Waals surface area contributed by atoms with Gasteiger partial charge in [-0.2, -0.15) is 0 Å². The van der Waals surface area contributed by atoms with E-state index >= 15 is 0 Å². The van der Waals surface area contributed by atoms with Crippen molar-refractivity contribution in [2.24, 2.45) is 0 Å². The molecule has 0 unspecified atom stereocenters. The maximum Gasteiger partial charge on any atom is 0.270 e. The van der Waals surface area contributed by atoms with E-state index in [0.717, 1.165) is 12.8 Å². The minimum absolute atomic E-state index is 0.0581. The summed E-state index contributed by atoms with van der Waals surface area (Å²) in [5.74, 6) is -0.248. The SMILES string of the molecule is CCCCCCCCNC(=O)c1cccc([N+](=O)[O-])c1. The number of amides is 1. The third-order valence-corrected chi connectivity index (χ3v) is 3.14. The summed E-state index contributed by atoms with van der Waals surface area (Å²) in [6.45, 7) is 2.80. The van der Waals surface area contributed by atoms with Gasteiger partial charge < -0.3 is 5.32 Å². The van der Waals surface area contributed by atoms with Gasteiger partial charge in [0, 0.05) is 24.2 Å². The molecule has 0 radical (unpaired) electrons. The highest BCUT2D eigenvalue weighted by Crippen LogP contribution is 2.13.